The van der Waals surface area contributed by atoms with Gasteiger partial charge in [-0.25, -0.2) is 0 Å². The van der Waals surface area contributed by atoms with Gasteiger partial charge in [-0.3, -0.25) is 14.2 Å². The molecule has 0 saturated heterocycles. The van der Waals surface area contributed by atoms with Crippen LogP contribution in [0.25, 0.3) is 5.69 Å². The summed E-state index contributed by atoms with van der Waals surface area (Å²) in [5.41, 5.74) is 3.16. The van der Waals surface area contributed by atoms with Crippen molar-refractivity contribution >= 4 is 23.6 Å². The zero-order chi connectivity index (χ0) is 19.1. The van der Waals surface area contributed by atoms with Crippen LogP contribution in [0, 0.1) is 33.1 Å². The Hall–Kier alpha value is -2.79. The third-order valence-corrected chi connectivity index (χ3v) is 4.37. The van der Waals surface area contributed by atoms with Crippen LogP contribution in [-0.2, 0) is 14.3 Å². The lowest BCUT2D eigenvalue weighted by molar-refractivity contribution is -0.145. The molecule has 0 spiro atoms. The Morgan fingerprint density at radius 1 is 1.31 bits per heavy atom. The maximum atomic E-state index is 11.8. The molecule has 136 valence electrons. The number of nitrogens with one attached hydrogen (secondary N) is 1. The number of carbonyl (C=O) groups excluding carboxylic acids is 2. The molecule has 2 aromatic rings. The summed E-state index contributed by atoms with van der Waals surface area (Å²) in [7, 11) is 0. The van der Waals surface area contributed by atoms with Gasteiger partial charge in [0, 0.05) is 0 Å². The smallest absolute Gasteiger partial charge is 0.316 e. The Labute approximate surface area is 156 Å². The third kappa shape index (κ3) is 5.10. The summed E-state index contributed by atoms with van der Waals surface area (Å²) in [6, 6.07) is 6.11. The summed E-state index contributed by atoms with van der Waals surface area (Å²) < 4.78 is 6.82. The van der Waals surface area contributed by atoms with Crippen LogP contribution in [-0.4, -0.2) is 45.5 Å². The van der Waals surface area contributed by atoms with E-state index in [2.05, 4.69) is 21.4 Å². The minimum atomic E-state index is -0.515. The number of hydrogen-bond donors (Lipinski definition) is 1. The molecular weight excluding hydrogens is 352 g/mol. The summed E-state index contributed by atoms with van der Waals surface area (Å²) in [5, 5.41) is 11.3. The molecular formula is C18H20N4O3S. The Morgan fingerprint density at radius 3 is 2.81 bits per heavy atom. The van der Waals surface area contributed by atoms with Crippen molar-refractivity contribution in [1.29, 1.82) is 0 Å². The van der Waals surface area contributed by atoms with Crippen LogP contribution < -0.4 is 5.32 Å². The Morgan fingerprint density at radius 2 is 2.08 bits per heavy atom. The number of benzene rings is 1. The van der Waals surface area contributed by atoms with Gasteiger partial charge in [0.15, 0.2) is 11.8 Å². The molecule has 0 atom stereocenters. The highest BCUT2D eigenvalue weighted by Crippen LogP contribution is 2.24. The second-order valence-corrected chi connectivity index (χ2v) is 6.53. The van der Waals surface area contributed by atoms with Gasteiger partial charge in [-0.2, -0.15) is 0 Å². The molecule has 0 fully saturated rings. The molecule has 26 heavy (non-hydrogen) atoms. The number of carbonyl (C=O) groups is 2. The maximum absolute atomic E-state index is 11.8. The molecule has 0 radical (unpaired) electrons. The lowest BCUT2D eigenvalue weighted by Gasteiger charge is -2.12. The number of thioether (sulfide) groups is 1. The molecule has 0 saturated carbocycles. The number of terminal acetylenes is 1. The van der Waals surface area contributed by atoms with E-state index in [4.69, 9.17) is 11.2 Å². The predicted molar refractivity (Wildman–Crippen MR) is 99.1 cm³/mol. The van der Waals surface area contributed by atoms with Gasteiger partial charge in [0.05, 0.1) is 18.0 Å². The van der Waals surface area contributed by atoms with Gasteiger partial charge >= 0.3 is 5.97 Å². The number of hydrogen-bond acceptors (Lipinski definition) is 6. The van der Waals surface area contributed by atoms with E-state index in [0.717, 1.165) is 22.6 Å². The zero-order valence-corrected chi connectivity index (χ0v) is 15.7. The van der Waals surface area contributed by atoms with E-state index in [1.807, 2.05) is 43.5 Å². The minimum Gasteiger partial charge on any atom is -0.455 e. The van der Waals surface area contributed by atoms with E-state index in [1.165, 1.54) is 11.8 Å². The van der Waals surface area contributed by atoms with Crippen molar-refractivity contribution in [2.24, 2.45) is 0 Å². The molecule has 1 aromatic heterocycles. The summed E-state index contributed by atoms with van der Waals surface area (Å²) in [6.45, 7) is 5.61. The standard InChI is InChI=1S/C18H20N4O3S/c1-5-8-19-16(23)10-25-17(24)11-26-18-21-20-14(4)22(18)15-9-12(2)6-7-13(15)3/h1,6-7,9H,8,10-11H2,2-4H3,(H,19,23). The van der Waals surface area contributed by atoms with Crippen molar-refractivity contribution in [3.8, 4) is 18.0 Å². The first-order chi connectivity index (χ1) is 12.4. The highest BCUT2D eigenvalue weighted by atomic mass is 32.2. The summed E-state index contributed by atoms with van der Waals surface area (Å²) in [6.07, 6.45) is 5.04. The summed E-state index contributed by atoms with van der Waals surface area (Å²) in [5.74, 6) is 2.07. The van der Waals surface area contributed by atoms with Gasteiger partial charge in [0.2, 0.25) is 0 Å². The van der Waals surface area contributed by atoms with Crippen LogP contribution in [0.4, 0.5) is 0 Å². The van der Waals surface area contributed by atoms with Crippen LogP contribution in [0.2, 0.25) is 0 Å². The highest BCUT2D eigenvalue weighted by molar-refractivity contribution is 7.99. The molecule has 2 rings (SSSR count). The van der Waals surface area contributed by atoms with E-state index in [-0.39, 0.29) is 18.9 Å². The highest BCUT2D eigenvalue weighted by Gasteiger charge is 2.16. The quantitative estimate of drug-likeness (QED) is 0.451. The van der Waals surface area contributed by atoms with Crippen molar-refractivity contribution in [3.63, 3.8) is 0 Å². The molecule has 7 nitrogen and oxygen atoms in total. The fraction of sp³-hybridized carbons (Fsp3) is 0.333. The molecule has 0 aliphatic rings. The van der Waals surface area contributed by atoms with E-state index in [9.17, 15) is 9.59 Å². The zero-order valence-electron chi connectivity index (χ0n) is 14.9. The maximum Gasteiger partial charge on any atom is 0.316 e. The number of aromatic nitrogens is 3. The first kappa shape index (κ1) is 19.5. The van der Waals surface area contributed by atoms with Gasteiger partial charge in [-0.05, 0) is 38.0 Å². The van der Waals surface area contributed by atoms with E-state index < -0.39 is 11.9 Å². The molecule has 8 heteroatoms. The van der Waals surface area contributed by atoms with Gasteiger partial charge in [0.25, 0.3) is 5.91 Å². The molecule has 0 bridgehead atoms. The molecule has 1 amide bonds. The average molecular weight is 372 g/mol. The van der Waals surface area contributed by atoms with Gasteiger partial charge in [-0.1, -0.05) is 29.8 Å². The van der Waals surface area contributed by atoms with Crippen molar-refractivity contribution in [3.05, 3.63) is 35.2 Å². The number of esters is 1. The van der Waals surface area contributed by atoms with Crippen LogP contribution >= 0.6 is 11.8 Å². The number of rotatable bonds is 7. The fourth-order valence-electron chi connectivity index (χ4n) is 2.19. The monoisotopic (exact) mass is 372 g/mol. The topological polar surface area (TPSA) is 86.1 Å². The van der Waals surface area contributed by atoms with Gasteiger partial charge in [0.1, 0.15) is 5.82 Å². The second kappa shape index (κ2) is 9.06. The normalized spacial score (nSPS) is 10.2. The summed E-state index contributed by atoms with van der Waals surface area (Å²) >= 11 is 1.21. The third-order valence-electron chi connectivity index (χ3n) is 3.47. The van der Waals surface area contributed by atoms with E-state index in [1.54, 1.807) is 0 Å². The van der Waals surface area contributed by atoms with Crippen molar-refractivity contribution in [1.82, 2.24) is 20.1 Å². The average Bonchev–Trinajstić information content (AvgIpc) is 2.98. The lowest BCUT2D eigenvalue weighted by Crippen LogP contribution is -2.29. The molecule has 0 unspecified atom stereocenters. The largest absolute Gasteiger partial charge is 0.455 e. The molecule has 0 aliphatic heterocycles. The Kier molecular flexibility index (Phi) is 6.81. The van der Waals surface area contributed by atoms with Crippen LogP contribution in [0.15, 0.2) is 23.4 Å². The SMILES string of the molecule is C#CCNC(=O)COC(=O)CSc1nnc(C)n1-c1cc(C)ccc1C. The first-order valence-corrected chi connectivity index (χ1v) is 8.89. The van der Waals surface area contributed by atoms with Crippen LogP contribution in [0.3, 0.4) is 0 Å². The van der Waals surface area contributed by atoms with E-state index in [0.29, 0.717) is 5.16 Å². The number of aryl methyl sites for hydroxylation is 3. The second-order valence-electron chi connectivity index (χ2n) is 5.59. The van der Waals surface area contributed by atoms with Gasteiger partial charge < -0.3 is 10.1 Å². The molecule has 1 aromatic carbocycles. The number of ether oxygens (including phenoxy) is 1. The number of nitrogens with zero attached hydrogens (tertiary/aromatic N) is 3. The molecule has 1 heterocycles. The van der Waals surface area contributed by atoms with Crippen molar-refractivity contribution < 1.29 is 14.3 Å². The van der Waals surface area contributed by atoms with Crippen molar-refractivity contribution in [2.75, 3.05) is 18.9 Å². The van der Waals surface area contributed by atoms with E-state index >= 15 is 0 Å². The van der Waals surface area contributed by atoms with Crippen LogP contribution in [0.1, 0.15) is 17.0 Å². The van der Waals surface area contributed by atoms with Crippen LogP contribution in [0.5, 0.6) is 0 Å². The first-order valence-electron chi connectivity index (χ1n) is 7.90. The molecule has 0 aliphatic carbocycles. The van der Waals surface area contributed by atoms with Crippen molar-refractivity contribution in [2.45, 2.75) is 25.9 Å². The fourth-order valence-corrected chi connectivity index (χ4v) is 2.97. The number of amides is 1. The predicted octanol–water partition coefficient (Wildman–Crippen LogP) is 1.58. The summed E-state index contributed by atoms with van der Waals surface area (Å²) in [4.78, 5) is 23.2. The Bertz CT molecular complexity index is 855. The lowest BCUT2D eigenvalue weighted by atomic mass is 10.1. The molecule has 1 N–H and O–H groups in total. The minimum absolute atomic E-state index is 0.0193. The van der Waals surface area contributed by atoms with Gasteiger partial charge in [-0.15, -0.1) is 16.6 Å². The Balaban J connectivity index is 2.01.